The molecular weight excluding hydrogens is 456 g/mol. The Balaban J connectivity index is 1.24. The van der Waals surface area contributed by atoms with Gasteiger partial charge in [-0.1, -0.05) is 12.5 Å². The number of fused-ring (bicyclic) bond motifs is 3. The van der Waals surface area contributed by atoms with Gasteiger partial charge in [0.2, 0.25) is 0 Å². The minimum absolute atomic E-state index is 0.0144. The van der Waals surface area contributed by atoms with Crippen LogP contribution in [0.1, 0.15) is 41.0 Å². The van der Waals surface area contributed by atoms with Gasteiger partial charge in [-0.25, -0.2) is 9.97 Å². The highest BCUT2D eigenvalue weighted by Gasteiger charge is 2.16. The van der Waals surface area contributed by atoms with Crippen LogP contribution in [0.25, 0.3) is 31.7 Å². The van der Waals surface area contributed by atoms with Gasteiger partial charge in [0.15, 0.2) is 0 Å². The molecule has 1 aliphatic heterocycles. The highest BCUT2D eigenvalue weighted by molar-refractivity contribution is 7.21. The molecule has 0 aliphatic carbocycles. The first kappa shape index (κ1) is 21.7. The van der Waals surface area contributed by atoms with Crippen molar-refractivity contribution < 1.29 is 4.79 Å². The van der Waals surface area contributed by atoms with Crippen molar-refractivity contribution in [2.75, 3.05) is 5.32 Å². The summed E-state index contributed by atoms with van der Waals surface area (Å²) in [7, 11) is 0. The van der Waals surface area contributed by atoms with Crippen LogP contribution in [0.15, 0.2) is 65.5 Å². The number of hydrogen-bond donors (Lipinski definition) is 1. The zero-order valence-electron chi connectivity index (χ0n) is 19.4. The summed E-state index contributed by atoms with van der Waals surface area (Å²) in [6.45, 7) is 2.79. The van der Waals surface area contributed by atoms with Crippen molar-refractivity contribution in [3.63, 3.8) is 0 Å². The molecule has 1 aliphatic rings. The van der Waals surface area contributed by atoms with Gasteiger partial charge in [-0.2, -0.15) is 0 Å². The number of aryl methyl sites for hydroxylation is 2. The summed E-state index contributed by atoms with van der Waals surface area (Å²) in [6.07, 6.45) is 3.93. The Morgan fingerprint density at radius 3 is 2.66 bits per heavy atom. The summed E-state index contributed by atoms with van der Waals surface area (Å²) in [5, 5.41) is 4.47. The Hall–Kier alpha value is -3.84. The van der Waals surface area contributed by atoms with E-state index in [2.05, 4.69) is 24.4 Å². The number of carbonyl (C=O) groups is 1. The lowest BCUT2D eigenvalue weighted by Gasteiger charge is -2.11. The summed E-state index contributed by atoms with van der Waals surface area (Å²) in [6, 6.07) is 19.1. The molecule has 3 aromatic carbocycles. The number of thiazole rings is 1. The van der Waals surface area contributed by atoms with Gasteiger partial charge in [-0.3, -0.25) is 14.2 Å². The molecule has 6 rings (SSSR count). The van der Waals surface area contributed by atoms with E-state index in [0.717, 1.165) is 47.6 Å². The van der Waals surface area contributed by atoms with Crippen molar-refractivity contribution in [1.29, 1.82) is 0 Å². The van der Waals surface area contributed by atoms with Gasteiger partial charge in [0.1, 0.15) is 10.8 Å². The normalized spacial score (nSPS) is 13.5. The Morgan fingerprint density at radius 1 is 0.943 bits per heavy atom. The maximum Gasteiger partial charge on any atom is 0.261 e. The van der Waals surface area contributed by atoms with Gasteiger partial charge in [0.25, 0.3) is 11.5 Å². The lowest BCUT2D eigenvalue weighted by molar-refractivity contribution is 0.102. The zero-order chi connectivity index (χ0) is 23.9. The molecule has 0 radical (unpaired) electrons. The predicted molar refractivity (Wildman–Crippen MR) is 141 cm³/mol. The molecule has 174 valence electrons. The Bertz CT molecular complexity index is 1650. The van der Waals surface area contributed by atoms with E-state index in [9.17, 15) is 9.59 Å². The topological polar surface area (TPSA) is 76.9 Å². The average Bonchev–Trinajstić information content (AvgIpc) is 3.13. The van der Waals surface area contributed by atoms with Gasteiger partial charge in [0, 0.05) is 29.8 Å². The molecular formula is C28H24N4O2S. The van der Waals surface area contributed by atoms with E-state index in [4.69, 9.17) is 9.97 Å². The predicted octanol–water partition coefficient (Wildman–Crippen LogP) is 5.96. The van der Waals surface area contributed by atoms with Gasteiger partial charge in [-0.05, 0) is 79.9 Å². The fourth-order valence-electron chi connectivity index (χ4n) is 4.61. The summed E-state index contributed by atoms with van der Waals surface area (Å²) in [4.78, 5) is 35.4. The summed E-state index contributed by atoms with van der Waals surface area (Å²) in [5.74, 6) is 0.588. The van der Waals surface area contributed by atoms with Crippen molar-refractivity contribution in [2.24, 2.45) is 0 Å². The van der Waals surface area contributed by atoms with Gasteiger partial charge >= 0.3 is 0 Å². The minimum Gasteiger partial charge on any atom is -0.322 e. The molecule has 7 heteroatoms. The minimum atomic E-state index is -0.230. The van der Waals surface area contributed by atoms with E-state index in [1.54, 1.807) is 34.1 Å². The molecule has 3 heterocycles. The molecule has 1 N–H and O–H groups in total. The van der Waals surface area contributed by atoms with Gasteiger partial charge < -0.3 is 5.32 Å². The summed E-state index contributed by atoms with van der Waals surface area (Å²) < 4.78 is 2.96. The standard InChI is InChI=1S/C28H24N4O2S/c1-17-6-13-22-24(15-17)35-27(31-22)18-7-10-20(11-8-18)29-26(33)19-9-12-21-23(16-19)30-25-5-3-2-4-14-32(25)28(21)34/h6-13,15-16H,2-5,14H2,1H3,(H,29,33). The molecule has 0 bridgehead atoms. The molecule has 0 saturated carbocycles. The van der Waals surface area contributed by atoms with Crippen LogP contribution in [0.5, 0.6) is 0 Å². The second kappa shape index (κ2) is 8.74. The number of amides is 1. The first-order valence-electron chi connectivity index (χ1n) is 11.9. The lowest BCUT2D eigenvalue weighted by atomic mass is 10.1. The molecule has 2 aromatic heterocycles. The quantitative estimate of drug-likeness (QED) is 0.346. The second-order valence-corrected chi connectivity index (χ2v) is 10.1. The summed E-state index contributed by atoms with van der Waals surface area (Å²) in [5.41, 5.74) is 4.97. The number of nitrogens with zero attached hydrogens (tertiary/aromatic N) is 3. The number of hydrogen-bond acceptors (Lipinski definition) is 5. The fraction of sp³-hybridized carbons (Fsp3) is 0.214. The largest absolute Gasteiger partial charge is 0.322 e. The molecule has 0 spiro atoms. The molecule has 35 heavy (non-hydrogen) atoms. The smallest absolute Gasteiger partial charge is 0.261 e. The second-order valence-electron chi connectivity index (χ2n) is 9.05. The molecule has 0 atom stereocenters. The SMILES string of the molecule is Cc1ccc2nc(-c3ccc(NC(=O)c4ccc5c(=O)n6c(nc5c4)CCCCC6)cc3)sc2c1. The van der Waals surface area contributed by atoms with E-state index >= 15 is 0 Å². The third-order valence-electron chi connectivity index (χ3n) is 6.51. The number of benzene rings is 3. The Labute approximate surface area is 206 Å². The zero-order valence-corrected chi connectivity index (χ0v) is 20.2. The number of aromatic nitrogens is 3. The Kier molecular flexibility index (Phi) is 5.41. The van der Waals surface area contributed by atoms with Crippen LogP contribution in [0.2, 0.25) is 0 Å². The van der Waals surface area contributed by atoms with Crippen molar-refractivity contribution in [3.8, 4) is 10.6 Å². The van der Waals surface area contributed by atoms with Crippen LogP contribution in [0.4, 0.5) is 5.69 Å². The number of rotatable bonds is 3. The molecule has 0 unspecified atom stereocenters. The monoisotopic (exact) mass is 480 g/mol. The van der Waals surface area contributed by atoms with E-state index in [1.165, 1.54) is 10.3 Å². The summed E-state index contributed by atoms with van der Waals surface area (Å²) >= 11 is 1.66. The van der Waals surface area contributed by atoms with E-state index in [1.807, 2.05) is 30.3 Å². The van der Waals surface area contributed by atoms with Gasteiger partial charge in [-0.15, -0.1) is 11.3 Å². The maximum atomic E-state index is 13.0. The maximum absolute atomic E-state index is 13.0. The molecule has 5 aromatic rings. The van der Waals surface area contributed by atoms with Crippen LogP contribution >= 0.6 is 11.3 Å². The van der Waals surface area contributed by atoms with Crippen molar-refractivity contribution >= 4 is 44.1 Å². The first-order valence-corrected chi connectivity index (χ1v) is 12.7. The molecule has 1 amide bonds. The molecule has 0 saturated heterocycles. The van der Waals surface area contributed by atoms with Crippen molar-refractivity contribution in [1.82, 2.24) is 14.5 Å². The first-order chi connectivity index (χ1) is 17.0. The van der Waals surface area contributed by atoms with E-state index in [-0.39, 0.29) is 11.5 Å². The molecule has 0 fully saturated rings. The van der Waals surface area contributed by atoms with Crippen LogP contribution in [0, 0.1) is 6.92 Å². The lowest BCUT2D eigenvalue weighted by Crippen LogP contribution is -2.24. The van der Waals surface area contributed by atoms with Crippen LogP contribution in [-0.4, -0.2) is 20.4 Å². The third kappa shape index (κ3) is 4.12. The van der Waals surface area contributed by atoms with Crippen LogP contribution in [-0.2, 0) is 13.0 Å². The number of nitrogens with one attached hydrogen (secondary N) is 1. The number of anilines is 1. The highest BCUT2D eigenvalue weighted by Crippen LogP contribution is 2.31. The van der Waals surface area contributed by atoms with Crippen LogP contribution < -0.4 is 10.9 Å². The van der Waals surface area contributed by atoms with Crippen molar-refractivity contribution in [3.05, 3.63) is 88.0 Å². The Morgan fingerprint density at radius 2 is 1.80 bits per heavy atom. The fourth-order valence-corrected chi connectivity index (χ4v) is 5.68. The average molecular weight is 481 g/mol. The molecule has 6 nitrogen and oxygen atoms in total. The van der Waals surface area contributed by atoms with E-state index < -0.39 is 0 Å². The third-order valence-corrected chi connectivity index (χ3v) is 7.58. The van der Waals surface area contributed by atoms with Crippen LogP contribution in [0.3, 0.4) is 0 Å². The van der Waals surface area contributed by atoms with Crippen molar-refractivity contribution in [2.45, 2.75) is 39.2 Å². The number of carbonyl (C=O) groups excluding carboxylic acids is 1. The van der Waals surface area contributed by atoms with Gasteiger partial charge in [0.05, 0.1) is 21.1 Å². The highest BCUT2D eigenvalue weighted by atomic mass is 32.1. The van der Waals surface area contributed by atoms with E-state index in [0.29, 0.717) is 28.7 Å².